The second kappa shape index (κ2) is 9.34. The van der Waals surface area contributed by atoms with E-state index in [0.29, 0.717) is 24.2 Å². The van der Waals surface area contributed by atoms with E-state index in [1.165, 1.54) is 25.7 Å². The van der Waals surface area contributed by atoms with Crippen molar-refractivity contribution in [1.29, 1.82) is 0 Å². The first-order chi connectivity index (χ1) is 9.69. The highest BCUT2D eigenvalue weighted by atomic mass is 16.5. The Labute approximate surface area is 121 Å². The van der Waals surface area contributed by atoms with Crippen molar-refractivity contribution in [3.05, 3.63) is 11.7 Å². The molecule has 114 valence electrons. The number of hydrogen-bond acceptors (Lipinski definition) is 4. The molecule has 0 aliphatic heterocycles. The van der Waals surface area contributed by atoms with E-state index >= 15 is 0 Å². The van der Waals surface area contributed by atoms with Crippen molar-refractivity contribution in [2.24, 2.45) is 10.9 Å². The molecule has 1 aromatic heterocycles. The van der Waals surface area contributed by atoms with E-state index in [-0.39, 0.29) is 0 Å². The van der Waals surface area contributed by atoms with E-state index in [9.17, 15) is 0 Å². The maximum absolute atomic E-state index is 5.05. The van der Waals surface area contributed by atoms with Crippen molar-refractivity contribution in [1.82, 2.24) is 20.8 Å². The van der Waals surface area contributed by atoms with Gasteiger partial charge in [0.05, 0.1) is 6.54 Å². The zero-order chi connectivity index (χ0) is 14.8. The Bertz CT molecular complexity index is 402. The summed E-state index contributed by atoms with van der Waals surface area (Å²) < 4.78 is 5.05. The Balaban J connectivity index is 2.32. The molecule has 0 spiro atoms. The third kappa shape index (κ3) is 6.04. The Morgan fingerprint density at radius 2 is 2.15 bits per heavy atom. The molecule has 1 aromatic rings. The van der Waals surface area contributed by atoms with Crippen LogP contribution in [0.2, 0.25) is 0 Å². The van der Waals surface area contributed by atoms with E-state index in [4.69, 9.17) is 4.52 Å². The molecule has 0 aromatic carbocycles. The first kappa shape index (κ1) is 16.5. The van der Waals surface area contributed by atoms with Crippen LogP contribution in [-0.2, 0) is 6.54 Å². The monoisotopic (exact) mass is 281 g/mol. The third-order valence-corrected chi connectivity index (χ3v) is 3.30. The van der Waals surface area contributed by atoms with Crippen molar-refractivity contribution >= 4 is 5.96 Å². The van der Waals surface area contributed by atoms with Gasteiger partial charge in [0, 0.05) is 13.6 Å². The van der Waals surface area contributed by atoms with Crippen molar-refractivity contribution < 1.29 is 4.52 Å². The van der Waals surface area contributed by atoms with E-state index < -0.39 is 0 Å². The van der Waals surface area contributed by atoms with Gasteiger partial charge in [-0.05, 0) is 19.3 Å². The van der Waals surface area contributed by atoms with E-state index in [1.54, 1.807) is 14.0 Å². The predicted molar refractivity (Wildman–Crippen MR) is 80.5 cm³/mol. The van der Waals surface area contributed by atoms with Crippen LogP contribution in [0.4, 0.5) is 0 Å². The molecule has 0 saturated carbocycles. The minimum absolute atomic E-state index is 0.492. The molecule has 0 fully saturated rings. The second-order valence-electron chi connectivity index (χ2n) is 4.96. The predicted octanol–water partition coefficient (Wildman–Crippen LogP) is 2.26. The highest BCUT2D eigenvalue weighted by Gasteiger charge is 2.08. The number of hydrogen-bond donors (Lipinski definition) is 2. The molecule has 20 heavy (non-hydrogen) atoms. The molecule has 0 bridgehead atoms. The van der Waals surface area contributed by atoms with Gasteiger partial charge in [-0.2, -0.15) is 4.98 Å². The summed E-state index contributed by atoms with van der Waals surface area (Å²) in [4.78, 5) is 8.35. The van der Waals surface area contributed by atoms with Crippen LogP contribution in [0.1, 0.15) is 51.2 Å². The van der Waals surface area contributed by atoms with Crippen LogP contribution in [-0.4, -0.2) is 29.7 Å². The van der Waals surface area contributed by atoms with Crippen LogP contribution < -0.4 is 10.6 Å². The quantitative estimate of drug-likeness (QED) is 0.564. The van der Waals surface area contributed by atoms with Crippen LogP contribution in [0.3, 0.4) is 0 Å². The van der Waals surface area contributed by atoms with Gasteiger partial charge in [0.2, 0.25) is 5.89 Å². The average molecular weight is 281 g/mol. The standard InChI is InChI=1S/C14H27N5O/c1-5-7-8-12(6-2)9-16-14(15-4)17-10-13-18-11(3)19-20-13/h12H,5-10H2,1-4H3,(H2,15,16,17). The van der Waals surface area contributed by atoms with Crippen LogP contribution in [0.5, 0.6) is 0 Å². The lowest BCUT2D eigenvalue weighted by Gasteiger charge is -2.17. The van der Waals surface area contributed by atoms with Gasteiger partial charge in [-0.15, -0.1) is 0 Å². The van der Waals surface area contributed by atoms with Gasteiger partial charge in [-0.1, -0.05) is 38.3 Å². The van der Waals surface area contributed by atoms with Gasteiger partial charge < -0.3 is 15.2 Å². The Hall–Kier alpha value is -1.59. The smallest absolute Gasteiger partial charge is 0.246 e. The number of nitrogens with one attached hydrogen (secondary N) is 2. The van der Waals surface area contributed by atoms with Gasteiger partial charge in [0.25, 0.3) is 0 Å². The lowest BCUT2D eigenvalue weighted by molar-refractivity contribution is 0.371. The number of unbranched alkanes of at least 4 members (excludes halogenated alkanes) is 1. The molecule has 6 heteroatoms. The van der Waals surface area contributed by atoms with E-state index in [0.717, 1.165) is 12.5 Å². The summed E-state index contributed by atoms with van der Waals surface area (Å²) in [5, 5.41) is 10.3. The summed E-state index contributed by atoms with van der Waals surface area (Å²) in [5.41, 5.74) is 0. The fourth-order valence-electron chi connectivity index (χ4n) is 1.98. The van der Waals surface area contributed by atoms with Crippen molar-refractivity contribution in [2.45, 2.75) is 53.0 Å². The third-order valence-electron chi connectivity index (χ3n) is 3.30. The molecule has 1 rings (SSSR count). The van der Waals surface area contributed by atoms with Gasteiger partial charge in [-0.25, -0.2) is 0 Å². The summed E-state index contributed by atoms with van der Waals surface area (Å²) in [6.45, 7) is 7.71. The number of nitrogens with zero attached hydrogens (tertiary/aromatic N) is 3. The molecule has 0 saturated heterocycles. The number of aromatic nitrogens is 2. The van der Waals surface area contributed by atoms with Crippen LogP contribution in [0.25, 0.3) is 0 Å². The first-order valence-corrected chi connectivity index (χ1v) is 7.43. The molecule has 1 atom stereocenters. The van der Waals surface area contributed by atoms with Crippen LogP contribution >= 0.6 is 0 Å². The minimum Gasteiger partial charge on any atom is -0.356 e. The molecule has 1 heterocycles. The van der Waals surface area contributed by atoms with Crippen molar-refractivity contribution in [2.75, 3.05) is 13.6 Å². The zero-order valence-electron chi connectivity index (χ0n) is 13.1. The molecule has 6 nitrogen and oxygen atoms in total. The van der Waals surface area contributed by atoms with Gasteiger partial charge in [0.15, 0.2) is 11.8 Å². The van der Waals surface area contributed by atoms with E-state index in [2.05, 4.69) is 39.6 Å². The Morgan fingerprint density at radius 3 is 2.70 bits per heavy atom. The molecular weight excluding hydrogens is 254 g/mol. The van der Waals surface area contributed by atoms with Gasteiger partial charge in [-0.3, -0.25) is 4.99 Å². The number of aliphatic imine (C=N–C) groups is 1. The first-order valence-electron chi connectivity index (χ1n) is 7.43. The normalized spacial score (nSPS) is 13.3. The summed E-state index contributed by atoms with van der Waals surface area (Å²) in [7, 11) is 1.77. The molecule has 1 unspecified atom stereocenters. The summed E-state index contributed by atoms with van der Waals surface area (Å²) in [6, 6.07) is 0. The molecular formula is C14H27N5O. The van der Waals surface area contributed by atoms with E-state index in [1.807, 2.05) is 0 Å². The molecule has 2 N–H and O–H groups in total. The number of aryl methyl sites for hydroxylation is 1. The minimum atomic E-state index is 0.492. The zero-order valence-corrected chi connectivity index (χ0v) is 13.1. The van der Waals surface area contributed by atoms with Crippen LogP contribution in [0.15, 0.2) is 9.52 Å². The molecule has 0 amide bonds. The summed E-state index contributed by atoms with van der Waals surface area (Å²) in [6.07, 6.45) is 4.99. The number of guanidine groups is 1. The highest BCUT2D eigenvalue weighted by Crippen LogP contribution is 2.11. The maximum Gasteiger partial charge on any atom is 0.246 e. The largest absolute Gasteiger partial charge is 0.356 e. The lowest BCUT2D eigenvalue weighted by Crippen LogP contribution is -2.39. The molecule has 0 radical (unpaired) electrons. The average Bonchev–Trinajstić information content (AvgIpc) is 2.87. The maximum atomic E-state index is 5.05. The SMILES string of the molecule is CCCCC(CC)CNC(=NC)NCc1nc(C)no1. The second-order valence-corrected chi connectivity index (χ2v) is 4.96. The molecule has 0 aliphatic carbocycles. The van der Waals surface area contributed by atoms with Crippen molar-refractivity contribution in [3.8, 4) is 0 Å². The number of rotatable bonds is 8. The van der Waals surface area contributed by atoms with Crippen LogP contribution in [0, 0.1) is 12.8 Å². The van der Waals surface area contributed by atoms with Gasteiger partial charge >= 0.3 is 0 Å². The topological polar surface area (TPSA) is 75.3 Å². The van der Waals surface area contributed by atoms with Crippen molar-refractivity contribution in [3.63, 3.8) is 0 Å². The fraction of sp³-hybridized carbons (Fsp3) is 0.786. The summed E-state index contributed by atoms with van der Waals surface area (Å²) >= 11 is 0. The Kier molecular flexibility index (Phi) is 7.69. The lowest BCUT2D eigenvalue weighted by atomic mass is 9.99. The Morgan fingerprint density at radius 1 is 1.35 bits per heavy atom. The molecule has 0 aliphatic rings. The van der Waals surface area contributed by atoms with Gasteiger partial charge in [0.1, 0.15) is 0 Å². The highest BCUT2D eigenvalue weighted by molar-refractivity contribution is 5.79. The summed E-state index contributed by atoms with van der Waals surface area (Å²) in [5.74, 6) is 2.69. The fourth-order valence-corrected chi connectivity index (χ4v) is 1.98.